The Hall–Kier alpha value is -1.18. The summed E-state index contributed by atoms with van der Waals surface area (Å²) in [5.41, 5.74) is 4.37. The van der Waals surface area contributed by atoms with E-state index in [0.29, 0.717) is 5.75 Å². The third-order valence-corrected chi connectivity index (χ3v) is 7.01. The number of aryl methyl sites for hydroxylation is 2. The zero-order valence-corrected chi connectivity index (χ0v) is 21.4. The summed E-state index contributed by atoms with van der Waals surface area (Å²) >= 11 is 1.77. The first-order valence-electron chi connectivity index (χ1n) is 10.3. The molecule has 160 valence electrons. The molecule has 4 heteroatoms. The van der Waals surface area contributed by atoms with Crippen LogP contribution in [-0.4, -0.2) is 11.0 Å². The van der Waals surface area contributed by atoms with Crippen molar-refractivity contribution in [3.05, 3.63) is 46.5 Å². The fourth-order valence-electron chi connectivity index (χ4n) is 3.20. The highest BCUT2D eigenvalue weighted by Crippen LogP contribution is 2.43. The quantitative estimate of drug-likeness (QED) is 0.490. The summed E-state index contributed by atoms with van der Waals surface area (Å²) in [5.74, 6) is 1.46. The molecule has 0 heterocycles. The van der Waals surface area contributed by atoms with Crippen LogP contribution in [0.5, 0.6) is 11.5 Å². The lowest BCUT2D eigenvalue weighted by Gasteiger charge is -2.27. The van der Waals surface area contributed by atoms with E-state index >= 15 is 0 Å². The van der Waals surface area contributed by atoms with Gasteiger partial charge >= 0.3 is 0 Å². The summed E-state index contributed by atoms with van der Waals surface area (Å²) in [7, 11) is 2.78. The van der Waals surface area contributed by atoms with Gasteiger partial charge < -0.3 is 9.84 Å². The van der Waals surface area contributed by atoms with Crippen molar-refractivity contribution in [2.24, 2.45) is 0 Å². The van der Waals surface area contributed by atoms with Crippen LogP contribution in [-0.2, 0) is 10.8 Å². The van der Waals surface area contributed by atoms with Crippen molar-refractivity contribution in [3.8, 4) is 11.5 Å². The van der Waals surface area contributed by atoms with E-state index in [9.17, 15) is 5.11 Å². The average molecular weight is 433 g/mol. The molecule has 0 radical (unpaired) electrons. The molecule has 0 aliphatic carbocycles. The van der Waals surface area contributed by atoms with Gasteiger partial charge in [-0.25, -0.2) is 0 Å². The van der Waals surface area contributed by atoms with Crippen LogP contribution in [0.1, 0.15) is 77.1 Å². The Morgan fingerprint density at radius 2 is 1.38 bits per heavy atom. The summed E-state index contributed by atoms with van der Waals surface area (Å²) in [6.07, 6.45) is 0.950. The lowest BCUT2D eigenvalue weighted by molar-refractivity contribution is 0.275. The van der Waals surface area contributed by atoms with E-state index in [-0.39, 0.29) is 16.7 Å². The van der Waals surface area contributed by atoms with E-state index in [1.807, 2.05) is 6.07 Å². The van der Waals surface area contributed by atoms with E-state index in [1.165, 1.54) is 20.9 Å². The molecule has 29 heavy (non-hydrogen) atoms. The van der Waals surface area contributed by atoms with Gasteiger partial charge in [0.05, 0.1) is 0 Å². The molecule has 0 aromatic heterocycles. The second-order valence-corrected chi connectivity index (χ2v) is 11.7. The van der Waals surface area contributed by atoms with Gasteiger partial charge in [-0.05, 0) is 66.5 Å². The molecule has 2 nitrogen and oxygen atoms in total. The smallest absolute Gasteiger partial charge is 0.124 e. The van der Waals surface area contributed by atoms with E-state index in [1.54, 1.807) is 11.8 Å². The zero-order valence-electron chi connectivity index (χ0n) is 19.4. The second kappa shape index (κ2) is 8.90. The highest BCUT2D eigenvalue weighted by Gasteiger charge is 2.24. The van der Waals surface area contributed by atoms with E-state index < -0.39 is 0 Å². The molecule has 0 saturated carbocycles. The lowest BCUT2D eigenvalue weighted by Crippen LogP contribution is -2.16. The maximum atomic E-state index is 10.4. The van der Waals surface area contributed by atoms with Crippen molar-refractivity contribution in [2.45, 2.75) is 95.2 Å². The number of phenolic OH excluding ortho intramolecular Hbond substituents is 1. The van der Waals surface area contributed by atoms with Gasteiger partial charge in [0.25, 0.3) is 0 Å². The number of rotatable bonds is 5. The minimum absolute atomic E-state index is 0.0168. The normalized spacial score (nSPS) is 13.4. The molecule has 2 atom stereocenters. The topological polar surface area (TPSA) is 29.5 Å². The zero-order chi connectivity index (χ0) is 22.1. The van der Waals surface area contributed by atoms with Crippen molar-refractivity contribution in [1.82, 2.24) is 0 Å². The summed E-state index contributed by atoms with van der Waals surface area (Å²) in [4.78, 5) is 2.41. The van der Waals surface area contributed by atoms with Crippen LogP contribution in [0.15, 0.2) is 34.1 Å². The Morgan fingerprint density at radius 1 is 0.897 bits per heavy atom. The number of benzene rings is 2. The molecule has 2 aromatic rings. The summed E-state index contributed by atoms with van der Waals surface area (Å²) in [6.45, 7) is 19.4. The summed E-state index contributed by atoms with van der Waals surface area (Å²) in [6, 6.07) is 8.49. The lowest BCUT2D eigenvalue weighted by atomic mass is 9.86. The minimum atomic E-state index is -0.107. The molecule has 0 aliphatic heterocycles. The summed E-state index contributed by atoms with van der Waals surface area (Å²) in [5, 5.41) is 10.4. The van der Waals surface area contributed by atoms with Crippen LogP contribution in [0.25, 0.3) is 0 Å². The Kier molecular flexibility index (Phi) is 7.39. The minimum Gasteiger partial charge on any atom is -0.508 e. The molecule has 0 aliphatic rings. The molecule has 0 spiro atoms. The average Bonchev–Trinajstić information content (AvgIpc) is 2.56. The van der Waals surface area contributed by atoms with Gasteiger partial charge in [0.1, 0.15) is 17.3 Å². The highest BCUT2D eigenvalue weighted by molar-refractivity contribution is 7.99. The van der Waals surface area contributed by atoms with Crippen LogP contribution in [0, 0.1) is 13.8 Å². The van der Waals surface area contributed by atoms with E-state index in [0.717, 1.165) is 23.3 Å². The van der Waals surface area contributed by atoms with Crippen molar-refractivity contribution < 1.29 is 9.84 Å². The Morgan fingerprint density at radius 3 is 1.86 bits per heavy atom. The number of hydrogen-bond acceptors (Lipinski definition) is 3. The molecule has 1 unspecified atom stereocenters. The first-order valence-corrected chi connectivity index (χ1v) is 11.8. The van der Waals surface area contributed by atoms with Crippen LogP contribution in [0.2, 0.25) is 0 Å². The maximum absolute atomic E-state index is 10.4. The fraction of sp³-hybridized carbons (Fsp3) is 0.520. The Labute approximate surface area is 184 Å². The Balaban J connectivity index is 2.54. The van der Waals surface area contributed by atoms with Gasteiger partial charge in [0, 0.05) is 20.9 Å². The van der Waals surface area contributed by atoms with Crippen molar-refractivity contribution >= 4 is 21.0 Å². The number of hydrogen-bond donors (Lipinski definition) is 1. The monoisotopic (exact) mass is 432 g/mol. The Bertz CT molecular complexity index is 876. The molecule has 0 bridgehead atoms. The van der Waals surface area contributed by atoms with E-state index in [4.69, 9.17) is 4.74 Å². The fourth-order valence-corrected chi connectivity index (χ4v) is 4.38. The van der Waals surface area contributed by atoms with Crippen molar-refractivity contribution in [3.63, 3.8) is 0 Å². The number of ether oxygens (including phenoxy) is 1. The standard InChI is InChI=1S/C25H37O2PS/c1-10-23(28)27-20-12-16(3)22(14-18(20)25(7,8)9)29-21-13-17(24(4,5)6)19(26)11-15(21)2/h11-14,23,26H,10,28H2,1-9H3/t23-/m0/s1. The molecule has 0 fully saturated rings. The van der Waals surface area contributed by atoms with Crippen LogP contribution in [0.4, 0.5) is 0 Å². The number of aromatic hydroxyl groups is 1. The molecular weight excluding hydrogens is 395 g/mol. The predicted octanol–water partition coefficient (Wildman–Crippen LogP) is 7.75. The highest BCUT2D eigenvalue weighted by atomic mass is 32.2. The predicted molar refractivity (Wildman–Crippen MR) is 130 cm³/mol. The van der Waals surface area contributed by atoms with Crippen molar-refractivity contribution in [2.75, 3.05) is 0 Å². The molecule has 0 amide bonds. The maximum Gasteiger partial charge on any atom is 0.124 e. The third kappa shape index (κ3) is 5.92. The SMILES string of the molecule is CC[C@H](P)Oc1cc(C)c(Sc2cc(C(C)(C)C)c(O)cc2C)cc1C(C)(C)C. The van der Waals surface area contributed by atoms with Crippen molar-refractivity contribution in [1.29, 1.82) is 0 Å². The molecule has 1 N–H and O–H groups in total. The molecule has 2 rings (SSSR count). The van der Waals surface area contributed by atoms with Crippen LogP contribution in [0.3, 0.4) is 0 Å². The van der Waals surface area contributed by atoms with Gasteiger partial charge in [-0.2, -0.15) is 0 Å². The molecular formula is C25H37O2PS. The van der Waals surface area contributed by atoms with Crippen LogP contribution >= 0.6 is 21.0 Å². The first-order chi connectivity index (χ1) is 13.2. The van der Waals surface area contributed by atoms with Gasteiger partial charge in [0.15, 0.2) is 0 Å². The number of phenols is 1. The second-order valence-electron chi connectivity index (χ2n) is 9.92. The van der Waals surface area contributed by atoms with Gasteiger partial charge in [-0.15, -0.1) is 0 Å². The van der Waals surface area contributed by atoms with E-state index in [2.05, 4.69) is 89.8 Å². The first kappa shape index (κ1) is 24.1. The van der Waals surface area contributed by atoms with Gasteiger partial charge in [-0.3, -0.25) is 0 Å². The summed E-state index contributed by atoms with van der Waals surface area (Å²) < 4.78 is 6.23. The van der Waals surface area contributed by atoms with Gasteiger partial charge in [0.2, 0.25) is 0 Å². The third-order valence-electron chi connectivity index (χ3n) is 5.09. The van der Waals surface area contributed by atoms with Crippen LogP contribution < -0.4 is 4.74 Å². The largest absolute Gasteiger partial charge is 0.508 e. The van der Waals surface area contributed by atoms with Gasteiger partial charge in [-0.1, -0.05) is 69.5 Å². The molecule has 0 saturated heterocycles. The molecule has 2 aromatic carbocycles.